The molecule has 1 aromatic rings. The topological polar surface area (TPSA) is 53.6 Å². The van der Waals surface area contributed by atoms with Crippen LogP contribution in [-0.2, 0) is 22.6 Å². The van der Waals surface area contributed by atoms with Crippen molar-refractivity contribution < 1.29 is 9.53 Å². The van der Waals surface area contributed by atoms with Gasteiger partial charge < -0.3 is 15.4 Å². The third-order valence-electron chi connectivity index (χ3n) is 5.43. The minimum absolute atomic E-state index is 0. The average Bonchev–Trinajstić information content (AvgIpc) is 3.12. The second-order valence-electron chi connectivity index (χ2n) is 7.89. The van der Waals surface area contributed by atoms with Gasteiger partial charge in [0.05, 0.1) is 12.2 Å². The first-order valence-electron chi connectivity index (χ1n) is 10.0. The van der Waals surface area contributed by atoms with Crippen molar-refractivity contribution in [2.75, 3.05) is 26.2 Å². The third-order valence-corrected chi connectivity index (χ3v) is 5.43. The Morgan fingerprint density at radius 2 is 1.86 bits per heavy atom. The molecule has 7 heteroatoms. The molecular formula is C21H35Cl2N3O2. The maximum Gasteiger partial charge on any atom is 0.220 e. The molecule has 0 bridgehead atoms. The van der Waals surface area contributed by atoms with E-state index in [-0.39, 0.29) is 42.9 Å². The van der Waals surface area contributed by atoms with E-state index in [1.165, 1.54) is 17.5 Å². The minimum Gasteiger partial charge on any atom is -0.373 e. The second kappa shape index (κ2) is 12.7. The molecule has 3 atom stereocenters. The third kappa shape index (κ3) is 7.88. The summed E-state index contributed by atoms with van der Waals surface area (Å²) in [6, 6.07) is 8.45. The van der Waals surface area contributed by atoms with Gasteiger partial charge in [-0.3, -0.25) is 9.69 Å². The highest BCUT2D eigenvalue weighted by molar-refractivity contribution is 5.85. The van der Waals surface area contributed by atoms with Gasteiger partial charge in [0, 0.05) is 32.6 Å². The SMILES string of the molecule is CC1CN(Cc2ccccc2CNC(=O)CCC2CCNC2)CC(C)O1.Cl.Cl. The number of morpholine rings is 1. The predicted molar refractivity (Wildman–Crippen MR) is 118 cm³/mol. The molecule has 160 valence electrons. The molecule has 0 saturated carbocycles. The Morgan fingerprint density at radius 1 is 1.18 bits per heavy atom. The Labute approximate surface area is 181 Å². The molecule has 2 saturated heterocycles. The van der Waals surface area contributed by atoms with Crippen molar-refractivity contribution in [1.82, 2.24) is 15.5 Å². The van der Waals surface area contributed by atoms with E-state index in [4.69, 9.17) is 4.74 Å². The molecule has 0 spiro atoms. The van der Waals surface area contributed by atoms with Crippen LogP contribution in [0.2, 0.25) is 0 Å². The van der Waals surface area contributed by atoms with E-state index >= 15 is 0 Å². The van der Waals surface area contributed by atoms with Crippen molar-refractivity contribution in [3.05, 3.63) is 35.4 Å². The molecule has 28 heavy (non-hydrogen) atoms. The molecule has 1 amide bonds. The van der Waals surface area contributed by atoms with Crippen molar-refractivity contribution in [2.45, 2.75) is 58.4 Å². The van der Waals surface area contributed by atoms with Crippen LogP contribution >= 0.6 is 24.8 Å². The molecule has 0 aliphatic carbocycles. The number of ether oxygens (including phenoxy) is 1. The number of benzene rings is 1. The molecule has 3 rings (SSSR count). The summed E-state index contributed by atoms with van der Waals surface area (Å²) < 4.78 is 5.83. The molecule has 3 unspecified atom stereocenters. The normalized spacial score (nSPS) is 24.9. The maximum absolute atomic E-state index is 12.2. The van der Waals surface area contributed by atoms with Crippen LogP contribution in [-0.4, -0.2) is 49.2 Å². The van der Waals surface area contributed by atoms with Crippen molar-refractivity contribution in [3.63, 3.8) is 0 Å². The summed E-state index contributed by atoms with van der Waals surface area (Å²) in [5.74, 6) is 0.832. The summed E-state index contributed by atoms with van der Waals surface area (Å²) in [4.78, 5) is 14.7. The fourth-order valence-electron chi connectivity index (χ4n) is 4.12. The molecular weight excluding hydrogens is 397 g/mol. The van der Waals surface area contributed by atoms with Gasteiger partial charge in [-0.15, -0.1) is 24.8 Å². The molecule has 0 radical (unpaired) electrons. The van der Waals surface area contributed by atoms with Gasteiger partial charge in [-0.25, -0.2) is 0 Å². The first kappa shape index (κ1) is 25.2. The summed E-state index contributed by atoms with van der Waals surface area (Å²) in [6.45, 7) is 9.88. The number of carbonyl (C=O) groups excluding carboxylic acids is 1. The van der Waals surface area contributed by atoms with Crippen LogP contribution in [0.3, 0.4) is 0 Å². The van der Waals surface area contributed by atoms with Crippen molar-refractivity contribution >= 4 is 30.7 Å². The summed E-state index contributed by atoms with van der Waals surface area (Å²) in [5.41, 5.74) is 2.52. The van der Waals surface area contributed by atoms with Crippen LogP contribution in [0.15, 0.2) is 24.3 Å². The molecule has 1 aromatic carbocycles. The van der Waals surface area contributed by atoms with Crippen LogP contribution in [0, 0.1) is 5.92 Å². The van der Waals surface area contributed by atoms with E-state index in [0.29, 0.717) is 18.9 Å². The Hall–Kier alpha value is -0.850. The highest BCUT2D eigenvalue weighted by atomic mass is 35.5. The van der Waals surface area contributed by atoms with E-state index in [9.17, 15) is 4.79 Å². The molecule has 2 aliphatic rings. The zero-order valence-corrected chi connectivity index (χ0v) is 18.6. The summed E-state index contributed by atoms with van der Waals surface area (Å²) in [6.07, 6.45) is 3.37. The van der Waals surface area contributed by atoms with Crippen LogP contribution < -0.4 is 10.6 Å². The van der Waals surface area contributed by atoms with E-state index in [1.54, 1.807) is 0 Å². The number of nitrogens with one attached hydrogen (secondary N) is 2. The largest absolute Gasteiger partial charge is 0.373 e. The number of carbonyl (C=O) groups is 1. The van der Waals surface area contributed by atoms with Gasteiger partial charge >= 0.3 is 0 Å². The van der Waals surface area contributed by atoms with Crippen LogP contribution in [0.1, 0.15) is 44.2 Å². The smallest absolute Gasteiger partial charge is 0.220 e. The monoisotopic (exact) mass is 431 g/mol. The number of rotatable bonds is 7. The fourth-order valence-corrected chi connectivity index (χ4v) is 4.12. The molecule has 2 aliphatic heterocycles. The zero-order valence-electron chi connectivity index (χ0n) is 17.0. The van der Waals surface area contributed by atoms with Gasteiger partial charge in [0.1, 0.15) is 0 Å². The van der Waals surface area contributed by atoms with Gasteiger partial charge in [-0.2, -0.15) is 0 Å². The van der Waals surface area contributed by atoms with Gasteiger partial charge in [0.2, 0.25) is 5.91 Å². The summed E-state index contributed by atoms with van der Waals surface area (Å²) >= 11 is 0. The first-order chi connectivity index (χ1) is 12.6. The lowest BCUT2D eigenvalue weighted by Gasteiger charge is -2.35. The van der Waals surface area contributed by atoms with Gasteiger partial charge in [0.15, 0.2) is 0 Å². The van der Waals surface area contributed by atoms with E-state index < -0.39 is 0 Å². The fraction of sp³-hybridized carbons (Fsp3) is 0.667. The van der Waals surface area contributed by atoms with Crippen LogP contribution in [0.5, 0.6) is 0 Å². The molecule has 2 N–H and O–H groups in total. The lowest BCUT2D eigenvalue weighted by Crippen LogP contribution is -2.45. The zero-order chi connectivity index (χ0) is 18.4. The standard InChI is InChI=1S/C21H33N3O2.2ClH/c1-16-13-24(14-17(2)26-16)15-20-6-4-3-5-19(20)12-23-21(25)8-7-18-9-10-22-11-18;;/h3-6,16-18,22H,7-15H2,1-2H3,(H,23,25);2*1H. The minimum atomic E-state index is 0. The number of hydrogen-bond donors (Lipinski definition) is 2. The Balaban J connectivity index is 0.00000196. The number of halogens is 2. The second-order valence-corrected chi connectivity index (χ2v) is 7.89. The lowest BCUT2D eigenvalue weighted by atomic mass is 10.0. The van der Waals surface area contributed by atoms with E-state index in [2.05, 4.69) is 53.6 Å². The number of nitrogens with zero attached hydrogens (tertiary/aromatic N) is 1. The van der Waals surface area contributed by atoms with Crippen LogP contribution in [0.25, 0.3) is 0 Å². The first-order valence-corrected chi connectivity index (χ1v) is 10.0. The van der Waals surface area contributed by atoms with Crippen molar-refractivity contribution in [3.8, 4) is 0 Å². The van der Waals surface area contributed by atoms with Crippen LogP contribution in [0.4, 0.5) is 0 Å². The van der Waals surface area contributed by atoms with Crippen molar-refractivity contribution in [1.29, 1.82) is 0 Å². The lowest BCUT2D eigenvalue weighted by molar-refractivity contribution is -0.121. The molecule has 0 aromatic heterocycles. The van der Waals surface area contributed by atoms with E-state index in [0.717, 1.165) is 39.1 Å². The average molecular weight is 432 g/mol. The highest BCUT2D eigenvalue weighted by Crippen LogP contribution is 2.17. The quantitative estimate of drug-likeness (QED) is 0.695. The number of amides is 1. The maximum atomic E-state index is 12.2. The number of hydrogen-bond acceptors (Lipinski definition) is 4. The Bertz CT molecular complexity index is 587. The Morgan fingerprint density at radius 3 is 2.50 bits per heavy atom. The van der Waals surface area contributed by atoms with Gasteiger partial charge in [-0.1, -0.05) is 24.3 Å². The summed E-state index contributed by atoms with van der Waals surface area (Å²) in [7, 11) is 0. The molecule has 2 heterocycles. The van der Waals surface area contributed by atoms with Crippen molar-refractivity contribution in [2.24, 2.45) is 5.92 Å². The predicted octanol–water partition coefficient (Wildman–Crippen LogP) is 3.15. The molecule has 5 nitrogen and oxygen atoms in total. The summed E-state index contributed by atoms with van der Waals surface area (Å²) in [5, 5.41) is 6.48. The van der Waals surface area contributed by atoms with Gasteiger partial charge in [-0.05, 0) is 56.8 Å². The Kier molecular flexibility index (Phi) is 11.4. The van der Waals surface area contributed by atoms with Gasteiger partial charge in [0.25, 0.3) is 0 Å². The molecule has 2 fully saturated rings. The van der Waals surface area contributed by atoms with E-state index in [1.807, 2.05) is 0 Å². The highest BCUT2D eigenvalue weighted by Gasteiger charge is 2.22.